The normalized spacial score (nSPS) is 11.3. The zero-order chi connectivity index (χ0) is 34.9. The first-order chi connectivity index (χ1) is 25.1. The van der Waals surface area contributed by atoms with Gasteiger partial charge in [-0.25, -0.2) is 0 Å². The molecule has 0 radical (unpaired) electrons. The Labute approximate surface area is 292 Å². The lowest BCUT2D eigenvalue weighted by atomic mass is 10.1. The average Bonchev–Trinajstić information content (AvgIpc) is 3.69. The van der Waals surface area contributed by atoms with Gasteiger partial charge in [-0.05, 0) is 121 Å². The summed E-state index contributed by atoms with van der Waals surface area (Å²) in [6.45, 7) is 0.950. The van der Waals surface area contributed by atoms with Gasteiger partial charge in [-0.15, -0.1) is 0 Å². The van der Waals surface area contributed by atoms with Crippen molar-refractivity contribution in [2.75, 3.05) is 13.2 Å². The molecule has 0 N–H and O–H groups in total. The topological polar surface area (TPSA) is 96.6 Å². The second kappa shape index (κ2) is 13.2. The second-order valence-corrected chi connectivity index (χ2v) is 12.3. The molecule has 0 aliphatic heterocycles. The summed E-state index contributed by atoms with van der Waals surface area (Å²) in [4.78, 5) is 45.9. The summed E-state index contributed by atoms with van der Waals surface area (Å²) >= 11 is 0. The molecule has 6 aromatic carbocycles. The summed E-state index contributed by atoms with van der Waals surface area (Å²) in [5, 5.41) is 3.62. The van der Waals surface area contributed by atoms with Gasteiger partial charge < -0.3 is 18.6 Å². The average molecular weight is 671 g/mol. The number of ether oxygens (including phenoxy) is 2. The molecule has 0 aliphatic carbocycles. The Kier molecular flexibility index (Phi) is 8.17. The van der Waals surface area contributed by atoms with Crippen molar-refractivity contribution in [1.29, 1.82) is 0 Å². The molecule has 0 amide bonds. The summed E-state index contributed by atoms with van der Waals surface area (Å²) in [6, 6.07) is 38.0. The van der Waals surface area contributed by atoms with Crippen molar-refractivity contribution in [3.63, 3.8) is 0 Å². The van der Waals surface area contributed by atoms with E-state index >= 15 is 0 Å². The van der Waals surface area contributed by atoms with Crippen LogP contribution < -0.4 is 9.47 Å². The van der Waals surface area contributed by atoms with Crippen molar-refractivity contribution in [3.8, 4) is 22.9 Å². The molecule has 51 heavy (non-hydrogen) atoms. The molecule has 0 saturated carbocycles. The highest BCUT2D eigenvalue weighted by Crippen LogP contribution is 2.35. The summed E-state index contributed by atoms with van der Waals surface area (Å²) in [5.41, 5.74) is 7.93. The highest BCUT2D eigenvalue weighted by Gasteiger charge is 2.15. The Balaban J connectivity index is 0.928. The maximum absolute atomic E-state index is 11.5. The van der Waals surface area contributed by atoms with Crippen molar-refractivity contribution in [3.05, 3.63) is 144 Å². The minimum Gasteiger partial charge on any atom is -0.493 e. The summed E-state index contributed by atoms with van der Waals surface area (Å²) in [7, 11) is 0. The molecule has 8 nitrogen and oxygen atoms in total. The number of rotatable bonds is 12. The monoisotopic (exact) mass is 670 g/mol. The van der Waals surface area contributed by atoms with Gasteiger partial charge in [-0.3, -0.25) is 19.2 Å². The third kappa shape index (κ3) is 5.72. The van der Waals surface area contributed by atoms with Gasteiger partial charge in [0.1, 0.15) is 36.6 Å². The van der Waals surface area contributed by atoms with E-state index < -0.39 is 0 Å². The molecule has 0 atom stereocenters. The molecule has 2 aromatic heterocycles. The van der Waals surface area contributed by atoms with Crippen LogP contribution in [-0.4, -0.2) is 47.5 Å². The lowest BCUT2D eigenvalue weighted by Crippen LogP contribution is -2.05. The number of carbonyl (C=O) groups is 4. The highest BCUT2D eigenvalue weighted by molar-refractivity contribution is 6.12. The molecular weight excluding hydrogens is 640 g/mol. The fourth-order valence-corrected chi connectivity index (χ4v) is 6.79. The quantitative estimate of drug-likeness (QED) is 0.0951. The van der Waals surface area contributed by atoms with Crippen LogP contribution in [0.4, 0.5) is 0 Å². The Morgan fingerprint density at radius 3 is 0.961 bits per heavy atom. The fraction of sp³-hybridized carbons (Fsp3) is 0.0698. The summed E-state index contributed by atoms with van der Waals surface area (Å²) in [6.07, 6.45) is 3.99. The Bertz CT molecular complexity index is 2320. The maximum Gasteiger partial charge on any atom is 0.150 e. The van der Waals surface area contributed by atoms with Crippen molar-refractivity contribution in [2.45, 2.75) is 6.42 Å². The van der Waals surface area contributed by atoms with Crippen LogP contribution in [0.15, 0.2) is 121 Å². The van der Waals surface area contributed by atoms with Crippen LogP contribution >= 0.6 is 0 Å². The lowest BCUT2D eigenvalue weighted by Gasteiger charge is -2.12. The van der Waals surface area contributed by atoms with Gasteiger partial charge in [0, 0.05) is 61.6 Å². The molecule has 2 heterocycles. The van der Waals surface area contributed by atoms with Crippen LogP contribution in [-0.2, 0) is 0 Å². The lowest BCUT2D eigenvalue weighted by molar-refractivity contribution is 0.111. The first kappa shape index (κ1) is 31.5. The Morgan fingerprint density at radius 1 is 0.392 bits per heavy atom. The highest BCUT2D eigenvalue weighted by atomic mass is 16.5. The SMILES string of the molecule is O=Cc1ccc2c(c1)c1cc(C=O)ccc1n2-c1ccc(OCCCOc2ccc(-n3c4ccc(C=O)cc4c4cc(C=O)ccc43)cc2)cc1. The second-order valence-electron chi connectivity index (χ2n) is 12.3. The molecular formula is C43H30N2O6. The van der Waals surface area contributed by atoms with E-state index in [0.29, 0.717) is 41.9 Å². The van der Waals surface area contributed by atoms with Gasteiger partial charge in [0.25, 0.3) is 0 Å². The maximum atomic E-state index is 11.5. The van der Waals surface area contributed by atoms with E-state index in [0.717, 1.165) is 91.6 Å². The number of benzene rings is 6. The largest absolute Gasteiger partial charge is 0.493 e. The molecule has 248 valence electrons. The predicted molar refractivity (Wildman–Crippen MR) is 199 cm³/mol. The minimum atomic E-state index is 0.475. The van der Waals surface area contributed by atoms with E-state index in [4.69, 9.17) is 9.47 Å². The molecule has 8 heteroatoms. The van der Waals surface area contributed by atoms with Gasteiger partial charge in [0.2, 0.25) is 0 Å². The standard InChI is InChI=1S/C43H30N2O6/c46-24-28-2-14-40-36(20-28)37-21-29(25-47)3-15-41(37)44(40)32-6-10-34(11-7-32)50-18-1-19-51-35-12-8-33(9-13-35)45-42-16-4-30(26-48)22-38(42)39-23-31(27-49)5-17-43(39)45/h2-17,20-27H,1,18-19H2. The molecule has 0 saturated heterocycles. The van der Waals surface area contributed by atoms with Crippen LogP contribution in [0.25, 0.3) is 55.0 Å². The Morgan fingerprint density at radius 2 is 0.686 bits per heavy atom. The number of carbonyl (C=O) groups excluding carboxylic acids is 4. The van der Waals surface area contributed by atoms with Gasteiger partial charge in [-0.1, -0.05) is 0 Å². The smallest absolute Gasteiger partial charge is 0.150 e. The molecule has 0 bridgehead atoms. The zero-order valence-electron chi connectivity index (χ0n) is 27.3. The summed E-state index contributed by atoms with van der Waals surface area (Å²) < 4.78 is 16.3. The number of nitrogens with zero attached hydrogens (tertiary/aromatic N) is 2. The van der Waals surface area contributed by atoms with Crippen molar-refractivity contribution >= 4 is 68.8 Å². The number of hydrogen-bond acceptors (Lipinski definition) is 6. The number of fused-ring (bicyclic) bond motifs is 6. The van der Waals surface area contributed by atoms with Crippen LogP contribution in [0.2, 0.25) is 0 Å². The molecule has 8 aromatic rings. The van der Waals surface area contributed by atoms with Crippen molar-refractivity contribution < 1.29 is 28.7 Å². The summed E-state index contributed by atoms with van der Waals surface area (Å²) in [5.74, 6) is 1.48. The first-order valence-electron chi connectivity index (χ1n) is 16.5. The third-order valence-corrected chi connectivity index (χ3v) is 9.19. The van der Waals surface area contributed by atoms with Gasteiger partial charge in [-0.2, -0.15) is 0 Å². The van der Waals surface area contributed by atoms with Crippen LogP contribution in [0.3, 0.4) is 0 Å². The zero-order valence-corrected chi connectivity index (χ0v) is 27.3. The molecule has 0 spiro atoms. The van der Waals surface area contributed by atoms with E-state index in [9.17, 15) is 19.2 Å². The van der Waals surface area contributed by atoms with E-state index in [2.05, 4.69) is 9.13 Å². The first-order valence-corrected chi connectivity index (χ1v) is 16.5. The van der Waals surface area contributed by atoms with Crippen molar-refractivity contribution in [2.24, 2.45) is 0 Å². The molecule has 0 fully saturated rings. The van der Waals surface area contributed by atoms with E-state index in [1.807, 2.05) is 97.1 Å². The van der Waals surface area contributed by atoms with E-state index in [1.165, 1.54) is 0 Å². The van der Waals surface area contributed by atoms with E-state index in [-0.39, 0.29) is 0 Å². The van der Waals surface area contributed by atoms with Crippen molar-refractivity contribution in [1.82, 2.24) is 9.13 Å². The molecule has 0 unspecified atom stereocenters. The van der Waals surface area contributed by atoms with Crippen LogP contribution in [0.1, 0.15) is 47.9 Å². The van der Waals surface area contributed by atoms with E-state index in [1.54, 1.807) is 24.3 Å². The van der Waals surface area contributed by atoms with Crippen LogP contribution in [0.5, 0.6) is 11.5 Å². The molecule has 8 rings (SSSR count). The van der Waals surface area contributed by atoms with Gasteiger partial charge in [0.05, 0.1) is 35.3 Å². The number of hydrogen-bond donors (Lipinski definition) is 0. The van der Waals surface area contributed by atoms with Gasteiger partial charge in [0.15, 0.2) is 0 Å². The molecule has 0 aliphatic rings. The fourth-order valence-electron chi connectivity index (χ4n) is 6.79. The third-order valence-electron chi connectivity index (χ3n) is 9.19. The Hall–Kier alpha value is -6.80. The number of aromatic nitrogens is 2. The number of aldehydes is 4. The minimum absolute atomic E-state index is 0.475. The van der Waals surface area contributed by atoms with Gasteiger partial charge >= 0.3 is 0 Å². The van der Waals surface area contributed by atoms with Crippen LogP contribution in [0, 0.1) is 0 Å². The predicted octanol–water partition coefficient (Wildman–Crippen LogP) is 8.98.